The summed E-state index contributed by atoms with van der Waals surface area (Å²) in [6.45, 7) is 1.81. The summed E-state index contributed by atoms with van der Waals surface area (Å²) in [5.41, 5.74) is 10.8. The highest BCUT2D eigenvalue weighted by atomic mass is 16.3. The molecule has 118 valence electrons. The topological polar surface area (TPSA) is 78.2 Å². The summed E-state index contributed by atoms with van der Waals surface area (Å²) >= 11 is 0. The molecule has 0 spiro atoms. The van der Waals surface area contributed by atoms with Gasteiger partial charge in [-0.2, -0.15) is 5.10 Å². The molecule has 0 aliphatic carbocycles. The van der Waals surface area contributed by atoms with E-state index in [4.69, 9.17) is 5.73 Å². The first kappa shape index (κ1) is 14.1. The first-order valence-corrected chi connectivity index (χ1v) is 7.98. The Morgan fingerprint density at radius 1 is 1.09 bits per heavy atom. The number of aromatic amines is 1. The van der Waals surface area contributed by atoms with Crippen molar-refractivity contribution < 1.29 is 5.11 Å². The Morgan fingerprint density at radius 2 is 1.83 bits per heavy atom. The van der Waals surface area contributed by atoms with Gasteiger partial charge in [-0.15, -0.1) is 0 Å². The SMILES string of the molecule is Nc1ccc2[nH]nc(-c3ccc(N4CCC(O)CC4)cc3)c2c1. The van der Waals surface area contributed by atoms with Gasteiger partial charge in [-0.3, -0.25) is 5.10 Å². The van der Waals surface area contributed by atoms with Crippen molar-refractivity contribution in [3.05, 3.63) is 42.5 Å². The number of nitrogens with one attached hydrogen (secondary N) is 1. The normalized spacial score (nSPS) is 16.1. The minimum absolute atomic E-state index is 0.147. The lowest BCUT2D eigenvalue weighted by molar-refractivity contribution is 0.145. The molecule has 1 saturated heterocycles. The van der Waals surface area contributed by atoms with Crippen molar-refractivity contribution in [3.8, 4) is 11.3 Å². The van der Waals surface area contributed by atoms with Crippen LogP contribution >= 0.6 is 0 Å². The van der Waals surface area contributed by atoms with Crippen LogP contribution in [0.1, 0.15) is 12.8 Å². The number of hydrogen-bond acceptors (Lipinski definition) is 4. The zero-order chi connectivity index (χ0) is 15.8. The molecule has 1 aliphatic heterocycles. The molecular formula is C18H20N4O. The van der Waals surface area contributed by atoms with Crippen LogP contribution in [0.4, 0.5) is 11.4 Å². The van der Waals surface area contributed by atoms with E-state index in [0.717, 1.165) is 53.8 Å². The quantitative estimate of drug-likeness (QED) is 0.636. The number of fused-ring (bicyclic) bond motifs is 1. The second kappa shape index (κ2) is 5.59. The molecule has 2 aromatic carbocycles. The van der Waals surface area contributed by atoms with Crippen LogP contribution in [0.15, 0.2) is 42.5 Å². The van der Waals surface area contributed by atoms with Crippen LogP contribution in [0.5, 0.6) is 0 Å². The van der Waals surface area contributed by atoms with Crippen molar-refractivity contribution in [1.82, 2.24) is 10.2 Å². The number of aliphatic hydroxyl groups excluding tert-OH is 1. The summed E-state index contributed by atoms with van der Waals surface area (Å²) in [5, 5.41) is 18.1. The Balaban J connectivity index is 1.63. The average Bonchev–Trinajstić information content (AvgIpc) is 2.99. The Labute approximate surface area is 134 Å². The van der Waals surface area contributed by atoms with Crippen molar-refractivity contribution >= 4 is 22.3 Å². The van der Waals surface area contributed by atoms with E-state index in [-0.39, 0.29) is 6.10 Å². The van der Waals surface area contributed by atoms with Gasteiger partial charge in [0.15, 0.2) is 0 Å². The third-order valence-corrected chi connectivity index (χ3v) is 4.56. The molecule has 1 aromatic heterocycles. The first-order valence-electron chi connectivity index (χ1n) is 7.98. The smallest absolute Gasteiger partial charge is 0.1000 e. The fourth-order valence-corrected chi connectivity index (χ4v) is 3.21. The number of nitrogens with zero attached hydrogens (tertiary/aromatic N) is 2. The van der Waals surface area contributed by atoms with Gasteiger partial charge in [0.2, 0.25) is 0 Å². The number of hydrogen-bond donors (Lipinski definition) is 3. The molecule has 0 unspecified atom stereocenters. The lowest BCUT2D eigenvalue weighted by atomic mass is 10.0. The molecule has 0 radical (unpaired) electrons. The molecule has 0 bridgehead atoms. The van der Waals surface area contributed by atoms with Crippen molar-refractivity contribution in [2.75, 3.05) is 23.7 Å². The molecule has 5 nitrogen and oxygen atoms in total. The number of H-pyrrole nitrogens is 1. The van der Waals surface area contributed by atoms with Crippen molar-refractivity contribution in [2.45, 2.75) is 18.9 Å². The zero-order valence-electron chi connectivity index (χ0n) is 12.9. The third kappa shape index (κ3) is 2.64. The third-order valence-electron chi connectivity index (χ3n) is 4.56. The molecular weight excluding hydrogens is 288 g/mol. The average molecular weight is 308 g/mol. The van der Waals surface area contributed by atoms with E-state index in [2.05, 4.69) is 39.4 Å². The molecule has 1 fully saturated rings. The molecule has 5 heteroatoms. The van der Waals surface area contributed by atoms with Crippen molar-refractivity contribution in [1.29, 1.82) is 0 Å². The first-order chi connectivity index (χ1) is 11.2. The van der Waals surface area contributed by atoms with Gasteiger partial charge in [0.25, 0.3) is 0 Å². The van der Waals surface area contributed by atoms with E-state index >= 15 is 0 Å². The second-order valence-corrected chi connectivity index (χ2v) is 6.14. The zero-order valence-corrected chi connectivity index (χ0v) is 12.9. The van der Waals surface area contributed by atoms with Crippen LogP contribution in [0.2, 0.25) is 0 Å². The number of rotatable bonds is 2. The number of benzene rings is 2. The molecule has 2 heterocycles. The summed E-state index contributed by atoms with van der Waals surface area (Å²) < 4.78 is 0. The monoisotopic (exact) mass is 308 g/mol. The summed E-state index contributed by atoms with van der Waals surface area (Å²) in [6.07, 6.45) is 1.53. The predicted molar refractivity (Wildman–Crippen MR) is 93.4 cm³/mol. The molecule has 1 aliphatic rings. The maximum atomic E-state index is 9.62. The highest BCUT2D eigenvalue weighted by molar-refractivity contribution is 5.94. The number of anilines is 2. The van der Waals surface area contributed by atoms with Crippen molar-refractivity contribution in [2.24, 2.45) is 0 Å². The van der Waals surface area contributed by atoms with E-state index in [0.29, 0.717) is 0 Å². The number of nitrogen functional groups attached to an aromatic ring is 1. The maximum Gasteiger partial charge on any atom is 0.1000 e. The molecule has 4 rings (SSSR count). The fourth-order valence-electron chi connectivity index (χ4n) is 3.21. The lowest BCUT2D eigenvalue weighted by Gasteiger charge is -2.31. The summed E-state index contributed by atoms with van der Waals surface area (Å²) in [4.78, 5) is 2.32. The van der Waals surface area contributed by atoms with E-state index < -0.39 is 0 Å². The van der Waals surface area contributed by atoms with Gasteiger partial charge in [-0.1, -0.05) is 12.1 Å². The minimum Gasteiger partial charge on any atom is -0.399 e. The van der Waals surface area contributed by atoms with Gasteiger partial charge in [0.1, 0.15) is 0 Å². The van der Waals surface area contributed by atoms with Gasteiger partial charge in [0.05, 0.1) is 17.3 Å². The van der Waals surface area contributed by atoms with E-state index in [1.54, 1.807) is 0 Å². The number of piperidine rings is 1. The number of nitrogens with two attached hydrogens (primary N) is 1. The Bertz CT molecular complexity index is 817. The molecule has 0 saturated carbocycles. The molecule has 4 N–H and O–H groups in total. The lowest BCUT2D eigenvalue weighted by Crippen LogP contribution is -2.35. The second-order valence-electron chi connectivity index (χ2n) is 6.14. The molecule has 23 heavy (non-hydrogen) atoms. The number of aliphatic hydroxyl groups is 1. The Hall–Kier alpha value is -2.53. The Morgan fingerprint density at radius 3 is 2.57 bits per heavy atom. The Kier molecular flexibility index (Phi) is 3.42. The largest absolute Gasteiger partial charge is 0.399 e. The fraction of sp³-hybridized carbons (Fsp3) is 0.278. The van der Waals surface area contributed by atoms with Gasteiger partial charge >= 0.3 is 0 Å². The summed E-state index contributed by atoms with van der Waals surface area (Å²) in [7, 11) is 0. The van der Waals surface area contributed by atoms with Crippen LogP contribution in [0.3, 0.4) is 0 Å². The van der Waals surface area contributed by atoms with E-state index in [1.807, 2.05) is 18.2 Å². The van der Waals surface area contributed by atoms with Gasteiger partial charge < -0.3 is 15.7 Å². The van der Waals surface area contributed by atoms with Crippen LogP contribution < -0.4 is 10.6 Å². The van der Waals surface area contributed by atoms with E-state index in [1.165, 1.54) is 5.69 Å². The van der Waals surface area contributed by atoms with Crippen LogP contribution in [0, 0.1) is 0 Å². The van der Waals surface area contributed by atoms with Crippen LogP contribution in [-0.2, 0) is 0 Å². The minimum atomic E-state index is -0.147. The summed E-state index contributed by atoms with van der Waals surface area (Å²) in [5.74, 6) is 0. The van der Waals surface area contributed by atoms with Gasteiger partial charge in [-0.05, 0) is 43.2 Å². The number of aromatic nitrogens is 2. The maximum absolute atomic E-state index is 9.62. The molecule has 0 amide bonds. The van der Waals surface area contributed by atoms with Crippen LogP contribution in [0.25, 0.3) is 22.2 Å². The predicted octanol–water partition coefficient (Wildman–Crippen LogP) is 2.77. The molecule has 3 aromatic rings. The van der Waals surface area contributed by atoms with Crippen LogP contribution in [-0.4, -0.2) is 34.5 Å². The standard InChI is InChI=1S/C18H20N4O/c19-13-3-6-17-16(11-13)18(21-20-17)12-1-4-14(5-2-12)22-9-7-15(23)8-10-22/h1-6,11,15,23H,7-10,19H2,(H,20,21). The van der Waals surface area contributed by atoms with E-state index in [9.17, 15) is 5.11 Å². The highest BCUT2D eigenvalue weighted by Crippen LogP contribution is 2.29. The van der Waals surface area contributed by atoms with Gasteiger partial charge in [-0.25, -0.2) is 0 Å². The van der Waals surface area contributed by atoms with Crippen molar-refractivity contribution in [3.63, 3.8) is 0 Å². The highest BCUT2D eigenvalue weighted by Gasteiger charge is 2.17. The molecule has 0 atom stereocenters. The summed E-state index contributed by atoms with van der Waals surface area (Å²) in [6, 6.07) is 14.2. The van der Waals surface area contributed by atoms with Gasteiger partial charge in [0, 0.05) is 35.4 Å².